The van der Waals surface area contributed by atoms with E-state index in [4.69, 9.17) is 17.0 Å². The van der Waals surface area contributed by atoms with E-state index in [1.807, 2.05) is 46.7 Å². The van der Waals surface area contributed by atoms with Crippen LogP contribution in [-0.4, -0.2) is 39.2 Å². The molecule has 0 unspecified atom stereocenters. The number of aromatic amines is 1. The number of carbonyl (C=O) groups is 1. The van der Waals surface area contributed by atoms with Gasteiger partial charge in [-0.1, -0.05) is 48.7 Å². The summed E-state index contributed by atoms with van der Waals surface area (Å²) in [7, 11) is 1.66. The molecular formula is C24H28N4O2S. The van der Waals surface area contributed by atoms with Crippen LogP contribution < -0.4 is 4.74 Å². The van der Waals surface area contributed by atoms with Crippen molar-refractivity contribution in [1.82, 2.24) is 19.7 Å². The average Bonchev–Trinajstić information content (AvgIpc) is 2.99. The molecule has 0 spiro atoms. The molecule has 0 aliphatic carbocycles. The summed E-state index contributed by atoms with van der Waals surface area (Å²) < 4.78 is 7.56. The van der Waals surface area contributed by atoms with Gasteiger partial charge in [-0.15, -0.1) is 0 Å². The van der Waals surface area contributed by atoms with E-state index in [1.54, 1.807) is 7.11 Å². The standard InChI is InChI=1S/C24H28N4O2S/c1-17-7-6-8-19(15-17)23-25-26-24(31)28(23)16-22(29)27-14-5-3-4-9-21(27)18-10-12-20(30-2)13-11-18/h6-8,10-13,15,21H,3-5,9,14,16H2,1-2H3,(H,26,31)/t21-/m1/s1. The summed E-state index contributed by atoms with van der Waals surface area (Å²) >= 11 is 5.46. The topological polar surface area (TPSA) is 63.1 Å². The van der Waals surface area contributed by atoms with Crippen molar-refractivity contribution in [1.29, 1.82) is 0 Å². The summed E-state index contributed by atoms with van der Waals surface area (Å²) in [4.78, 5) is 15.5. The number of nitrogens with zero attached hydrogens (tertiary/aromatic N) is 3. The number of carbonyl (C=O) groups excluding carboxylic acids is 1. The zero-order valence-electron chi connectivity index (χ0n) is 18.0. The Labute approximate surface area is 187 Å². The van der Waals surface area contributed by atoms with Crippen LogP contribution in [0.2, 0.25) is 0 Å². The molecule has 7 heteroatoms. The van der Waals surface area contributed by atoms with Crippen LogP contribution in [0.15, 0.2) is 48.5 Å². The number of nitrogens with one attached hydrogen (secondary N) is 1. The molecule has 6 nitrogen and oxygen atoms in total. The van der Waals surface area contributed by atoms with Crippen molar-refractivity contribution in [3.63, 3.8) is 0 Å². The van der Waals surface area contributed by atoms with Gasteiger partial charge in [0.25, 0.3) is 0 Å². The highest BCUT2D eigenvalue weighted by atomic mass is 32.1. The Bertz CT molecular complexity index is 1100. The third-order valence-electron chi connectivity index (χ3n) is 5.90. The second-order valence-electron chi connectivity index (χ2n) is 8.03. The van der Waals surface area contributed by atoms with E-state index < -0.39 is 0 Å². The lowest BCUT2D eigenvalue weighted by Crippen LogP contribution is -2.37. The first-order valence-corrected chi connectivity index (χ1v) is 11.1. The number of ether oxygens (including phenoxy) is 1. The van der Waals surface area contributed by atoms with Crippen molar-refractivity contribution in [2.45, 2.75) is 45.2 Å². The highest BCUT2D eigenvalue weighted by Crippen LogP contribution is 2.31. The van der Waals surface area contributed by atoms with Gasteiger partial charge in [0.15, 0.2) is 10.6 Å². The lowest BCUT2D eigenvalue weighted by Gasteiger charge is -2.31. The molecule has 0 radical (unpaired) electrons. The van der Waals surface area contributed by atoms with E-state index in [9.17, 15) is 4.79 Å². The molecule has 4 rings (SSSR count). The Balaban J connectivity index is 1.62. The van der Waals surface area contributed by atoms with Crippen molar-refractivity contribution in [3.8, 4) is 17.1 Å². The molecule has 162 valence electrons. The van der Waals surface area contributed by atoms with Crippen LogP contribution in [0.5, 0.6) is 5.75 Å². The second-order valence-corrected chi connectivity index (χ2v) is 8.42. The maximum Gasteiger partial charge on any atom is 0.243 e. The van der Waals surface area contributed by atoms with E-state index >= 15 is 0 Å². The molecule has 1 aliphatic rings. The fourth-order valence-corrected chi connectivity index (χ4v) is 4.47. The first-order chi connectivity index (χ1) is 15.1. The maximum absolute atomic E-state index is 13.5. The van der Waals surface area contributed by atoms with Gasteiger partial charge in [-0.05, 0) is 55.7 Å². The number of rotatable bonds is 5. The number of hydrogen-bond acceptors (Lipinski definition) is 4. The molecule has 2 heterocycles. The number of aryl methyl sites for hydroxylation is 1. The molecule has 1 fully saturated rings. The predicted molar refractivity (Wildman–Crippen MR) is 124 cm³/mol. The third kappa shape index (κ3) is 4.71. The summed E-state index contributed by atoms with van der Waals surface area (Å²) in [6.07, 6.45) is 4.22. The Hall–Kier alpha value is -2.93. The molecule has 1 aliphatic heterocycles. The van der Waals surface area contributed by atoms with Crippen molar-refractivity contribution in [3.05, 3.63) is 64.4 Å². The highest BCUT2D eigenvalue weighted by Gasteiger charge is 2.27. The minimum absolute atomic E-state index is 0.0596. The Morgan fingerprint density at radius 2 is 2.00 bits per heavy atom. The minimum Gasteiger partial charge on any atom is -0.497 e. The monoisotopic (exact) mass is 436 g/mol. The SMILES string of the molecule is COc1ccc([C@H]2CCCCCN2C(=O)Cn2c(-c3cccc(C)c3)n[nH]c2=S)cc1. The maximum atomic E-state index is 13.5. The van der Waals surface area contributed by atoms with Gasteiger partial charge in [-0.3, -0.25) is 14.5 Å². The van der Waals surface area contributed by atoms with Crippen molar-refractivity contribution in [2.24, 2.45) is 0 Å². The van der Waals surface area contributed by atoms with Gasteiger partial charge in [0.05, 0.1) is 13.2 Å². The lowest BCUT2D eigenvalue weighted by atomic mass is 10.0. The second kappa shape index (κ2) is 9.47. The van der Waals surface area contributed by atoms with Gasteiger partial charge >= 0.3 is 0 Å². The molecule has 1 aromatic heterocycles. The largest absolute Gasteiger partial charge is 0.497 e. The fraction of sp³-hybridized carbons (Fsp3) is 0.375. The molecule has 0 bridgehead atoms. The number of likely N-dealkylation sites (tertiary alicyclic amines) is 1. The first-order valence-electron chi connectivity index (χ1n) is 10.7. The first kappa shape index (κ1) is 21.3. The van der Waals surface area contributed by atoms with E-state index in [0.717, 1.165) is 54.7 Å². The Kier molecular flexibility index (Phi) is 6.51. The molecular weight excluding hydrogens is 408 g/mol. The third-order valence-corrected chi connectivity index (χ3v) is 6.21. The summed E-state index contributed by atoms with van der Waals surface area (Å²) in [5.41, 5.74) is 3.23. The van der Waals surface area contributed by atoms with Gasteiger partial charge in [-0.25, -0.2) is 0 Å². The van der Waals surface area contributed by atoms with Crippen molar-refractivity contribution in [2.75, 3.05) is 13.7 Å². The normalized spacial score (nSPS) is 16.7. The van der Waals surface area contributed by atoms with Crippen LogP contribution in [0.1, 0.15) is 42.9 Å². The van der Waals surface area contributed by atoms with Crippen molar-refractivity contribution < 1.29 is 9.53 Å². The van der Waals surface area contributed by atoms with Gasteiger partial charge in [0.1, 0.15) is 12.3 Å². The van der Waals surface area contributed by atoms with Crippen LogP contribution in [0, 0.1) is 11.7 Å². The summed E-state index contributed by atoms with van der Waals surface area (Å²) in [5, 5.41) is 7.26. The van der Waals surface area contributed by atoms with Gasteiger partial charge in [0, 0.05) is 12.1 Å². The highest BCUT2D eigenvalue weighted by molar-refractivity contribution is 7.71. The Morgan fingerprint density at radius 3 is 2.74 bits per heavy atom. The number of amides is 1. The van der Waals surface area contributed by atoms with E-state index in [-0.39, 0.29) is 18.5 Å². The fourth-order valence-electron chi connectivity index (χ4n) is 4.27. The van der Waals surface area contributed by atoms with E-state index in [1.165, 1.54) is 0 Å². The van der Waals surface area contributed by atoms with Crippen LogP contribution in [0.3, 0.4) is 0 Å². The van der Waals surface area contributed by atoms with Crippen LogP contribution in [0.4, 0.5) is 0 Å². The summed E-state index contributed by atoms with van der Waals surface area (Å²) in [6.45, 7) is 2.96. The molecule has 1 saturated heterocycles. The number of benzene rings is 2. The van der Waals surface area contributed by atoms with Gasteiger partial charge < -0.3 is 9.64 Å². The molecule has 0 saturated carbocycles. The predicted octanol–water partition coefficient (Wildman–Crippen LogP) is 5.07. The molecule has 1 amide bonds. The quantitative estimate of drug-likeness (QED) is 0.567. The zero-order chi connectivity index (χ0) is 21.8. The summed E-state index contributed by atoms with van der Waals surface area (Å²) in [5.74, 6) is 1.58. The van der Waals surface area contributed by atoms with Gasteiger partial charge in [0.2, 0.25) is 5.91 Å². The van der Waals surface area contributed by atoms with Gasteiger partial charge in [-0.2, -0.15) is 5.10 Å². The molecule has 1 N–H and O–H groups in total. The number of H-pyrrole nitrogens is 1. The van der Waals surface area contributed by atoms with Crippen LogP contribution in [-0.2, 0) is 11.3 Å². The molecule has 3 aromatic rings. The molecule has 2 aromatic carbocycles. The number of hydrogen-bond donors (Lipinski definition) is 1. The molecule has 31 heavy (non-hydrogen) atoms. The zero-order valence-corrected chi connectivity index (χ0v) is 18.8. The Morgan fingerprint density at radius 1 is 1.19 bits per heavy atom. The minimum atomic E-state index is 0.0596. The van der Waals surface area contributed by atoms with Crippen LogP contribution >= 0.6 is 12.2 Å². The summed E-state index contributed by atoms with van der Waals surface area (Å²) in [6, 6.07) is 16.2. The smallest absolute Gasteiger partial charge is 0.243 e. The van der Waals surface area contributed by atoms with E-state index in [2.05, 4.69) is 28.4 Å². The van der Waals surface area contributed by atoms with Crippen LogP contribution in [0.25, 0.3) is 11.4 Å². The number of methoxy groups -OCH3 is 1. The molecule has 1 atom stereocenters. The van der Waals surface area contributed by atoms with Crippen molar-refractivity contribution >= 4 is 18.1 Å². The lowest BCUT2D eigenvalue weighted by molar-refractivity contribution is -0.134. The number of aromatic nitrogens is 3. The average molecular weight is 437 g/mol. The van der Waals surface area contributed by atoms with E-state index in [0.29, 0.717) is 10.6 Å².